The van der Waals surface area contributed by atoms with E-state index >= 15 is 0 Å². The molecule has 0 aromatic heterocycles. The number of aliphatic hydroxyl groups is 1. The van der Waals surface area contributed by atoms with Crippen molar-refractivity contribution in [3.63, 3.8) is 0 Å². The van der Waals surface area contributed by atoms with Gasteiger partial charge in [-0.3, -0.25) is 9.59 Å². The van der Waals surface area contributed by atoms with E-state index in [-0.39, 0.29) is 18.2 Å². The van der Waals surface area contributed by atoms with Gasteiger partial charge in [0, 0.05) is 28.9 Å². The Hall–Kier alpha value is -2.46. The summed E-state index contributed by atoms with van der Waals surface area (Å²) < 4.78 is 0. The molecule has 21 heavy (non-hydrogen) atoms. The Morgan fingerprint density at radius 3 is 2.19 bits per heavy atom. The molecule has 2 N–H and O–H groups in total. The van der Waals surface area contributed by atoms with Crippen LogP contribution in [0.15, 0.2) is 36.4 Å². The second kappa shape index (κ2) is 5.14. The van der Waals surface area contributed by atoms with Gasteiger partial charge in [-0.2, -0.15) is 0 Å². The van der Waals surface area contributed by atoms with Crippen molar-refractivity contribution in [1.82, 2.24) is 0 Å². The van der Waals surface area contributed by atoms with Crippen LogP contribution in [0.2, 0.25) is 0 Å². The molecule has 0 amide bonds. The summed E-state index contributed by atoms with van der Waals surface area (Å²) in [6.45, 7) is 2.12. The van der Waals surface area contributed by atoms with E-state index in [1.165, 1.54) is 0 Å². The van der Waals surface area contributed by atoms with E-state index < -0.39 is 0 Å². The van der Waals surface area contributed by atoms with Gasteiger partial charge in [-0.25, -0.2) is 0 Å². The quantitative estimate of drug-likeness (QED) is 0.772. The van der Waals surface area contributed by atoms with Crippen molar-refractivity contribution in [1.29, 1.82) is 0 Å². The van der Waals surface area contributed by atoms with E-state index in [2.05, 4.69) is 5.32 Å². The first-order chi connectivity index (χ1) is 10.1. The molecule has 0 unspecified atom stereocenters. The lowest BCUT2D eigenvalue weighted by Gasteiger charge is -2.22. The molecule has 0 spiro atoms. The molecule has 0 fully saturated rings. The molecule has 0 bridgehead atoms. The summed E-state index contributed by atoms with van der Waals surface area (Å²) in [6, 6.07) is 10.5. The van der Waals surface area contributed by atoms with Crippen LogP contribution in [0.25, 0.3) is 0 Å². The molecule has 1 aliphatic rings. The van der Waals surface area contributed by atoms with E-state index in [4.69, 9.17) is 5.11 Å². The van der Waals surface area contributed by atoms with Gasteiger partial charge in [-0.1, -0.05) is 30.3 Å². The lowest BCUT2D eigenvalue weighted by atomic mass is 9.81. The number of aliphatic hydroxyl groups excluding tert-OH is 1. The summed E-state index contributed by atoms with van der Waals surface area (Å²) in [5.41, 5.74) is 3.14. The van der Waals surface area contributed by atoms with Crippen LogP contribution in [0.4, 0.5) is 5.69 Å². The van der Waals surface area contributed by atoms with Gasteiger partial charge >= 0.3 is 0 Å². The van der Waals surface area contributed by atoms with Crippen molar-refractivity contribution in [2.75, 3.05) is 18.5 Å². The highest BCUT2D eigenvalue weighted by atomic mass is 16.3. The minimum Gasteiger partial charge on any atom is -0.395 e. The van der Waals surface area contributed by atoms with Gasteiger partial charge in [0.1, 0.15) is 0 Å². The smallest absolute Gasteiger partial charge is 0.196 e. The molecule has 4 heteroatoms. The largest absolute Gasteiger partial charge is 0.395 e. The van der Waals surface area contributed by atoms with Crippen LogP contribution in [-0.2, 0) is 0 Å². The zero-order valence-corrected chi connectivity index (χ0v) is 11.6. The van der Waals surface area contributed by atoms with E-state index in [9.17, 15) is 9.59 Å². The fraction of sp³-hybridized carbons (Fsp3) is 0.176. The standard InChI is InChI=1S/C17H15NO3/c1-10-6-7-13(18-8-9-19)15-14(10)16(20)11-4-2-3-5-12(11)17(15)21/h2-7,18-19H,8-9H2,1H3. The maximum absolute atomic E-state index is 12.7. The van der Waals surface area contributed by atoms with Gasteiger partial charge < -0.3 is 10.4 Å². The van der Waals surface area contributed by atoms with Gasteiger partial charge in [-0.15, -0.1) is 0 Å². The third-order valence-electron chi connectivity index (χ3n) is 3.71. The predicted octanol–water partition coefficient (Wildman–Crippen LogP) is 2.17. The summed E-state index contributed by atoms with van der Waals surface area (Å²) in [5.74, 6) is -0.269. The molecule has 1 aliphatic carbocycles. The SMILES string of the molecule is Cc1ccc(NCCO)c2c1C(=O)c1ccccc1C2=O. The number of aryl methyl sites for hydroxylation is 1. The lowest BCUT2D eigenvalue weighted by molar-refractivity contribution is 0.0979. The minimum absolute atomic E-state index is 0.0403. The van der Waals surface area contributed by atoms with Gasteiger partial charge in [-0.05, 0) is 18.6 Å². The second-order valence-electron chi connectivity index (χ2n) is 5.03. The third-order valence-corrected chi connectivity index (χ3v) is 3.71. The molecular formula is C17H15NO3. The summed E-state index contributed by atoms with van der Waals surface area (Å²) in [5, 5.41) is 12.0. The first-order valence-corrected chi connectivity index (χ1v) is 6.82. The number of fused-ring (bicyclic) bond motifs is 2. The van der Waals surface area contributed by atoms with Crippen LogP contribution in [0.3, 0.4) is 0 Å². The molecule has 2 aromatic rings. The molecule has 0 atom stereocenters. The molecule has 0 saturated carbocycles. The molecule has 0 aliphatic heterocycles. The predicted molar refractivity (Wildman–Crippen MR) is 80.1 cm³/mol. The van der Waals surface area contributed by atoms with E-state index in [1.807, 2.05) is 13.0 Å². The van der Waals surface area contributed by atoms with Crippen LogP contribution in [0.5, 0.6) is 0 Å². The second-order valence-corrected chi connectivity index (χ2v) is 5.03. The van der Waals surface area contributed by atoms with Crippen molar-refractivity contribution >= 4 is 17.3 Å². The maximum Gasteiger partial charge on any atom is 0.196 e. The number of hydrogen-bond donors (Lipinski definition) is 2. The van der Waals surface area contributed by atoms with Gasteiger partial charge in [0.15, 0.2) is 11.6 Å². The first kappa shape index (κ1) is 13.5. The number of carbonyl (C=O) groups is 2. The topological polar surface area (TPSA) is 66.4 Å². The third kappa shape index (κ3) is 2.04. The van der Waals surface area contributed by atoms with E-state index in [0.29, 0.717) is 34.5 Å². The highest BCUT2D eigenvalue weighted by Crippen LogP contribution is 2.33. The molecule has 106 valence electrons. The van der Waals surface area contributed by atoms with Crippen LogP contribution < -0.4 is 5.32 Å². The van der Waals surface area contributed by atoms with Crippen molar-refractivity contribution in [3.05, 3.63) is 64.2 Å². The molecular weight excluding hydrogens is 266 g/mol. The van der Waals surface area contributed by atoms with Gasteiger partial charge in [0.25, 0.3) is 0 Å². The zero-order chi connectivity index (χ0) is 15.0. The Kier molecular flexibility index (Phi) is 3.31. The molecule has 4 nitrogen and oxygen atoms in total. The normalized spacial score (nSPS) is 12.9. The van der Waals surface area contributed by atoms with Crippen LogP contribution in [-0.4, -0.2) is 29.8 Å². The Morgan fingerprint density at radius 2 is 1.57 bits per heavy atom. The van der Waals surface area contributed by atoms with Crippen molar-refractivity contribution in [3.8, 4) is 0 Å². The Bertz CT molecular complexity index is 750. The Morgan fingerprint density at radius 1 is 0.952 bits per heavy atom. The minimum atomic E-state index is -0.149. The lowest BCUT2D eigenvalue weighted by Crippen LogP contribution is -2.24. The van der Waals surface area contributed by atoms with E-state index in [1.54, 1.807) is 30.3 Å². The molecule has 2 aromatic carbocycles. The highest BCUT2D eigenvalue weighted by molar-refractivity contribution is 6.30. The number of nitrogens with one attached hydrogen (secondary N) is 1. The highest BCUT2D eigenvalue weighted by Gasteiger charge is 2.32. The van der Waals surface area contributed by atoms with Crippen LogP contribution in [0.1, 0.15) is 37.4 Å². The first-order valence-electron chi connectivity index (χ1n) is 6.82. The summed E-state index contributed by atoms with van der Waals surface area (Å²) in [6.07, 6.45) is 0. The maximum atomic E-state index is 12.7. The average molecular weight is 281 g/mol. The monoisotopic (exact) mass is 281 g/mol. The number of carbonyl (C=O) groups excluding carboxylic acids is 2. The van der Waals surface area contributed by atoms with Crippen molar-refractivity contribution in [2.45, 2.75) is 6.92 Å². The van der Waals surface area contributed by atoms with E-state index in [0.717, 1.165) is 5.56 Å². The zero-order valence-electron chi connectivity index (χ0n) is 11.6. The average Bonchev–Trinajstić information content (AvgIpc) is 2.51. The van der Waals surface area contributed by atoms with Gasteiger partial charge in [0.2, 0.25) is 0 Å². The van der Waals surface area contributed by atoms with Crippen LogP contribution in [0, 0.1) is 6.92 Å². The number of ketones is 2. The molecule has 3 rings (SSSR count). The number of benzene rings is 2. The molecule has 0 heterocycles. The summed E-state index contributed by atoms with van der Waals surface area (Å²) >= 11 is 0. The molecule has 0 saturated heterocycles. The fourth-order valence-electron chi connectivity index (χ4n) is 2.72. The van der Waals surface area contributed by atoms with Gasteiger partial charge in [0.05, 0.1) is 12.2 Å². The summed E-state index contributed by atoms with van der Waals surface area (Å²) in [7, 11) is 0. The number of anilines is 1. The Balaban J connectivity index is 2.24. The van der Waals surface area contributed by atoms with Crippen molar-refractivity contribution < 1.29 is 14.7 Å². The number of hydrogen-bond acceptors (Lipinski definition) is 4. The number of rotatable bonds is 3. The van der Waals surface area contributed by atoms with Crippen LogP contribution >= 0.6 is 0 Å². The van der Waals surface area contributed by atoms with Crippen molar-refractivity contribution in [2.24, 2.45) is 0 Å². The summed E-state index contributed by atoms with van der Waals surface area (Å²) in [4.78, 5) is 25.4. The fourth-order valence-corrected chi connectivity index (χ4v) is 2.72. The Labute approximate surface area is 122 Å². The molecule has 0 radical (unpaired) electrons.